The lowest BCUT2D eigenvalue weighted by Crippen LogP contribution is -2.07. The molecule has 2 N–H and O–H groups in total. The monoisotopic (exact) mass is 370 g/mol. The van der Waals surface area contributed by atoms with Crippen LogP contribution in [0.3, 0.4) is 0 Å². The van der Waals surface area contributed by atoms with Gasteiger partial charge in [0.15, 0.2) is 5.82 Å². The number of hydrogen-bond acceptors (Lipinski definition) is 6. The van der Waals surface area contributed by atoms with Crippen LogP contribution in [-0.2, 0) is 21.3 Å². The van der Waals surface area contributed by atoms with Gasteiger partial charge < -0.3 is 10.6 Å². The predicted octanol–water partition coefficient (Wildman–Crippen LogP) is 2.41. The molecule has 0 aliphatic rings. The van der Waals surface area contributed by atoms with E-state index in [0.29, 0.717) is 24.3 Å². The minimum atomic E-state index is -2.43. The Morgan fingerprint density at radius 1 is 1.04 bits per heavy atom. The summed E-state index contributed by atoms with van der Waals surface area (Å²) in [6.07, 6.45) is 0.572. The van der Waals surface area contributed by atoms with Crippen molar-refractivity contribution in [2.24, 2.45) is 0 Å². The number of fused-ring (bicyclic) bond motifs is 1. The van der Waals surface area contributed by atoms with Crippen molar-refractivity contribution < 1.29 is 13.2 Å². The van der Waals surface area contributed by atoms with E-state index in [9.17, 15) is 13.2 Å². The lowest BCUT2D eigenvalue weighted by Gasteiger charge is -2.12. The van der Waals surface area contributed by atoms with Gasteiger partial charge in [0, 0.05) is 11.9 Å². The fraction of sp³-hybridized carbons (Fsp3) is 0.167. The molecule has 0 atom stereocenters. The lowest BCUT2D eigenvalue weighted by molar-refractivity contribution is -0.105. The van der Waals surface area contributed by atoms with Crippen molar-refractivity contribution in [1.29, 1.82) is 0 Å². The van der Waals surface area contributed by atoms with Crippen LogP contribution in [0.5, 0.6) is 0 Å². The lowest BCUT2D eigenvalue weighted by atomic mass is 10.0. The number of thiol groups is 1. The van der Waals surface area contributed by atoms with Gasteiger partial charge in [0.05, 0.1) is 17.0 Å². The third kappa shape index (κ3) is 3.80. The number of nitrogens with zero attached hydrogens (tertiary/aromatic N) is 2. The quantitative estimate of drug-likeness (QED) is 0.436. The molecule has 0 spiro atoms. The van der Waals surface area contributed by atoms with Gasteiger partial charge in [-0.05, 0) is 35.7 Å². The number of benzene rings is 2. The molecule has 0 aliphatic carbocycles. The SMILES string of the molecule is CCNc1c(NC=O)nnc2cc(-c3ccc(C[SH](=O)=O)cc3)ccc12. The maximum absolute atomic E-state index is 10.8. The fourth-order valence-corrected chi connectivity index (χ4v) is 3.26. The summed E-state index contributed by atoms with van der Waals surface area (Å²) in [5.74, 6) is 0.426. The van der Waals surface area contributed by atoms with Gasteiger partial charge in [0.25, 0.3) is 0 Å². The summed E-state index contributed by atoms with van der Waals surface area (Å²) < 4.78 is 21.6. The summed E-state index contributed by atoms with van der Waals surface area (Å²) in [4.78, 5) is 10.8. The standard InChI is InChI=1S/C18H18N4O3S/c1-2-19-17-15-8-7-14(9-16(15)21-22-18(17)20-11-23)13-5-3-12(4-6-13)10-26(24)25/h3-9,11,26H,2,10H2,1H3,(H,19,21)(H,20,22,23). The molecule has 134 valence electrons. The zero-order chi connectivity index (χ0) is 18.5. The molecule has 0 unspecified atom stereocenters. The minimum absolute atomic E-state index is 0.0391. The first-order valence-corrected chi connectivity index (χ1v) is 9.44. The average Bonchev–Trinajstić information content (AvgIpc) is 2.63. The fourth-order valence-electron chi connectivity index (χ4n) is 2.75. The smallest absolute Gasteiger partial charge is 0.212 e. The van der Waals surface area contributed by atoms with E-state index < -0.39 is 10.7 Å². The first-order chi connectivity index (χ1) is 12.6. The molecule has 0 fully saturated rings. The van der Waals surface area contributed by atoms with Crippen molar-refractivity contribution in [3.8, 4) is 11.1 Å². The van der Waals surface area contributed by atoms with E-state index >= 15 is 0 Å². The number of carbonyl (C=O) groups is 1. The van der Waals surface area contributed by atoms with Crippen LogP contribution in [0.2, 0.25) is 0 Å². The first-order valence-electron chi connectivity index (χ1n) is 8.08. The van der Waals surface area contributed by atoms with Gasteiger partial charge in [-0.2, -0.15) is 0 Å². The molecule has 0 aliphatic heterocycles. The highest BCUT2D eigenvalue weighted by molar-refractivity contribution is 7.71. The normalized spacial score (nSPS) is 10.8. The van der Waals surface area contributed by atoms with E-state index in [4.69, 9.17) is 0 Å². The van der Waals surface area contributed by atoms with Gasteiger partial charge in [-0.3, -0.25) is 4.79 Å². The van der Waals surface area contributed by atoms with Crippen LogP contribution in [0.1, 0.15) is 12.5 Å². The predicted molar refractivity (Wildman–Crippen MR) is 103 cm³/mol. The Kier molecular flexibility index (Phi) is 5.43. The highest BCUT2D eigenvalue weighted by Gasteiger charge is 2.11. The molecule has 3 rings (SSSR count). The van der Waals surface area contributed by atoms with Gasteiger partial charge >= 0.3 is 0 Å². The summed E-state index contributed by atoms with van der Waals surface area (Å²) in [5, 5.41) is 14.9. The van der Waals surface area contributed by atoms with Crippen molar-refractivity contribution in [2.45, 2.75) is 12.7 Å². The van der Waals surface area contributed by atoms with Crippen LogP contribution in [0.15, 0.2) is 42.5 Å². The Morgan fingerprint density at radius 3 is 2.42 bits per heavy atom. The van der Waals surface area contributed by atoms with Crippen LogP contribution >= 0.6 is 0 Å². The summed E-state index contributed by atoms with van der Waals surface area (Å²) in [7, 11) is -2.43. The third-order valence-electron chi connectivity index (χ3n) is 3.91. The van der Waals surface area contributed by atoms with Crippen molar-refractivity contribution >= 4 is 39.5 Å². The molecule has 0 radical (unpaired) electrons. The second-order valence-corrected chi connectivity index (χ2v) is 6.62. The van der Waals surface area contributed by atoms with Gasteiger partial charge in [0.1, 0.15) is 10.7 Å². The van der Waals surface area contributed by atoms with E-state index in [1.54, 1.807) is 12.1 Å². The molecule has 0 bridgehead atoms. The van der Waals surface area contributed by atoms with E-state index in [1.807, 2.05) is 37.3 Å². The van der Waals surface area contributed by atoms with E-state index in [-0.39, 0.29) is 5.75 Å². The Morgan fingerprint density at radius 2 is 1.77 bits per heavy atom. The van der Waals surface area contributed by atoms with Gasteiger partial charge in [-0.15, -0.1) is 10.2 Å². The molecule has 26 heavy (non-hydrogen) atoms. The third-order valence-corrected chi connectivity index (χ3v) is 4.53. The average molecular weight is 370 g/mol. The van der Waals surface area contributed by atoms with E-state index in [0.717, 1.165) is 27.8 Å². The molecule has 1 amide bonds. The number of rotatable bonds is 7. The summed E-state index contributed by atoms with van der Waals surface area (Å²) in [5.41, 5.74) is 4.08. The molecule has 7 nitrogen and oxygen atoms in total. The van der Waals surface area contributed by atoms with Crippen molar-refractivity contribution in [3.05, 3.63) is 48.0 Å². The second kappa shape index (κ2) is 7.92. The van der Waals surface area contributed by atoms with Crippen molar-refractivity contribution in [3.63, 3.8) is 0 Å². The molecular formula is C18H18N4O3S. The number of hydrogen-bond donors (Lipinski definition) is 3. The molecule has 0 saturated carbocycles. The number of anilines is 2. The maximum Gasteiger partial charge on any atom is 0.212 e. The van der Waals surface area contributed by atoms with Crippen molar-refractivity contribution in [1.82, 2.24) is 10.2 Å². The van der Waals surface area contributed by atoms with Crippen LogP contribution in [0.25, 0.3) is 22.0 Å². The zero-order valence-electron chi connectivity index (χ0n) is 14.1. The van der Waals surface area contributed by atoms with Gasteiger partial charge in [-0.25, -0.2) is 8.42 Å². The van der Waals surface area contributed by atoms with Crippen molar-refractivity contribution in [2.75, 3.05) is 17.2 Å². The Labute approximate surface area is 152 Å². The van der Waals surface area contributed by atoms with E-state index in [1.165, 1.54) is 0 Å². The molecule has 1 aromatic heterocycles. The second-order valence-electron chi connectivity index (χ2n) is 5.64. The topological polar surface area (TPSA) is 101 Å². The molecule has 3 aromatic rings. The molecule has 2 aromatic carbocycles. The molecular weight excluding hydrogens is 352 g/mol. The van der Waals surface area contributed by atoms with Crippen LogP contribution in [0.4, 0.5) is 11.5 Å². The van der Waals surface area contributed by atoms with Crippen LogP contribution in [-0.4, -0.2) is 31.6 Å². The van der Waals surface area contributed by atoms with Gasteiger partial charge in [0.2, 0.25) is 6.41 Å². The molecule has 0 saturated heterocycles. The summed E-state index contributed by atoms with van der Waals surface area (Å²) in [6.45, 7) is 2.64. The summed E-state index contributed by atoms with van der Waals surface area (Å²) in [6, 6.07) is 13.2. The first kappa shape index (κ1) is 17.8. The van der Waals surface area contributed by atoms with Gasteiger partial charge in [-0.1, -0.05) is 30.3 Å². The highest BCUT2D eigenvalue weighted by Crippen LogP contribution is 2.31. The summed E-state index contributed by atoms with van der Waals surface area (Å²) >= 11 is 0. The maximum atomic E-state index is 10.8. The molecule has 1 heterocycles. The molecule has 8 heteroatoms. The van der Waals surface area contributed by atoms with Crippen LogP contribution < -0.4 is 10.6 Å². The number of amides is 1. The van der Waals surface area contributed by atoms with Crippen LogP contribution in [0, 0.1) is 0 Å². The number of carbonyl (C=O) groups excluding carboxylic acids is 1. The largest absolute Gasteiger partial charge is 0.382 e. The Balaban J connectivity index is 2.01. The Hall–Kier alpha value is -3.00. The number of nitrogens with one attached hydrogen (secondary N) is 2. The zero-order valence-corrected chi connectivity index (χ0v) is 15.0. The Bertz CT molecular complexity index is 1010. The number of aromatic nitrogens is 2. The highest BCUT2D eigenvalue weighted by atomic mass is 32.2. The minimum Gasteiger partial charge on any atom is -0.382 e. The van der Waals surface area contributed by atoms with E-state index in [2.05, 4.69) is 20.8 Å².